The second-order valence-corrected chi connectivity index (χ2v) is 4.84. The Morgan fingerprint density at radius 3 is 2.72 bits per heavy atom. The minimum atomic E-state index is 0.826. The predicted octanol–water partition coefficient (Wildman–Crippen LogP) is 2.56. The topological polar surface area (TPSA) is 52.8 Å². The van der Waals surface area contributed by atoms with Crippen molar-refractivity contribution in [2.75, 3.05) is 12.9 Å². The Morgan fingerprint density at radius 2 is 2.06 bits per heavy atom. The molecule has 96 valence electrons. The molecule has 0 saturated carbocycles. The minimum absolute atomic E-state index is 0.826. The second-order valence-electron chi connectivity index (χ2n) is 3.77. The molecule has 2 aromatic rings. The summed E-state index contributed by atoms with van der Waals surface area (Å²) in [5.74, 6) is 1.86. The minimum Gasteiger partial charge on any atom is -0.497 e. The first-order chi connectivity index (χ1) is 8.85. The van der Waals surface area contributed by atoms with Crippen molar-refractivity contribution in [3.63, 3.8) is 0 Å². The van der Waals surface area contributed by atoms with Gasteiger partial charge in [-0.3, -0.25) is 0 Å². The maximum absolute atomic E-state index is 5.13. The van der Waals surface area contributed by atoms with Gasteiger partial charge >= 0.3 is 0 Å². The number of unbranched alkanes of at least 4 members (excludes halogenated alkanes) is 1. The SMILES string of the molecule is CCCCSc1nnnn1-c1ccc(OC)cc1. The zero-order valence-electron chi connectivity index (χ0n) is 10.5. The van der Waals surface area contributed by atoms with Crippen LogP contribution in [0.3, 0.4) is 0 Å². The summed E-state index contributed by atoms with van der Waals surface area (Å²) in [6, 6.07) is 7.69. The van der Waals surface area contributed by atoms with Crippen molar-refractivity contribution in [2.24, 2.45) is 0 Å². The van der Waals surface area contributed by atoms with E-state index in [1.165, 1.54) is 12.8 Å². The summed E-state index contributed by atoms with van der Waals surface area (Å²) in [4.78, 5) is 0. The molecule has 6 heteroatoms. The zero-order chi connectivity index (χ0) is 12.8. The highest BCUT2D eigenvalue weighted by atomic mass is 32.2. The van der Waals surface area contributed by atoms with Gasteiger partial charge in [-0.15, -0.1) is 5.10 Å². The third-order valence-electron chi connectivity index (χ3n) is 2.49. The molecule has 5 nitrogen and oxygen atoms in total. The lowest BCUT2D eigenvalue weighted by atomic mass is 10.3. The molecule has 0 radical (unpaired) electrons. The van der Waals surface area contributed by atoms with E-state index in [2.05, 4.69) is 22.4 Å². The van der Waals surface area contributed by atoms with E-state index in [1.54, 1.807) is 23.6 Å². The van der Waals surface area contributed by atoms with Gasteiger partial charge in [0, 0.05) is 5.75 Å². The van der Waals surface area contributed by atoms with E-state index in [9.17, 15) is 0 Å². The summed E-state index contributed by atoms with van der Waals surface area (Å²) in [6.07, 6.45) is 2.34. The second kappa shape index (κ2) is 6.39. The molecule has 0 saturated heterocycles. The molecule has 18 heavy (non-hydrogen) atoms. The van der Waals surface area contributed by atoms with Gasteiger partial charge in [0.15, 0.2) is 0 Å². The molecule has 0 amide bonds. The molecule has 0 aliphatic heterocycles. The van der Waals surface area contributed by atoms with Crippen molar-refractivity contribution in [1.82, 2.24) is 20.2 Å². The van der Waals surface area contributed by atoms with Crippen LogP contribution in [0, 0.1) is 0 Å². The van der Waals surface area contributed by atoms with Gasteiger partial charge in [-0.1, -0.05) is 25.1 Å². The van der Waals surface area contributed by atoms with Crippen molar-refractivity contribution in [3.8, 4) is 11.4 Å². The largest absolute Gasteiger partial charge is 0.497 e. The van der Waals surface area contributed by atoms with Crippen molar-refractivity contribution >= 4 is 11.8 Å². The smallest absolute Gasteiger partial charge is 0.214 e. The zero-order valence-corrected chi connectivity index (χ0v) is 11.4. The highest BCUT2D eigenvalue weighted by Crippen LogP contribution is 2.20. The molecule has 1 aromatic carbocycles. The van der Waals surface area contributed by atoms with Crippen LogP contribution >= 0.6 is 11.8 Å². The van der Waals surface area contributed by atoms with Gasteiger partial charge in [0.05, 0.1) is 12.8 Å². The van der Waals surface area contributed by atoms with Gasteiger partial charge < -0.3 is 4.74 Å². The molecule has 0 aliphatic carbocycles. The van der Waals surface area contributed by atoms with Gasteiger partial charge in [0.2, 0.25) is 5.16 Å². The van der Waals surface area contributed by atoms with Crippen LogP contribution < -0.4 is 4.74 Å². The Balaban J connectivity index is 2.14. The third kappa shape index (κ3) is 3.01. The van der Waals surface area contributed by atoms with Crippen LogP contribution in [0.5, 0.6) is 5.75 Å². The molecule has 2 rings (SSSR count). The first-order valence-corrected chi connectivity index (χ1v) is 6.89. The van der Waals surface area contributed by atoms with Gasteiger partial charge in [-0.25, -0.2) is 0 Å². The Hall–Kier alpha value is -1.56. The van der Waals surface area contributed by atoms with E-state index in [1.807, 2.05) is 24.3 Å². The Labute approximate surface area is 111 Å². The summed E-state index contributed by atoms with van der Waals surface area (Å²) < 4.78 is 6.88. The number of hydrogen-bond donors (Lipinski definition) is 0. The van der Waals surface area contributed by atoms with Crippen LogP contribution in [-0.2, 0) is 0 Å². The van der Waals surface area contributed by atoms with E-state index in [0.717, 1.165) is 22.3 Å². The normalized spacial score (nSPS) is 10.6. The molecule has 0 fully saturated rings. The number of methoxy groups -OCH3 is 1. The van der Waals surface area contributed by atoms with Crippen molar-refractivity contribution in [1.29, 1.82) is 0 Å². The number of tetrazole rings is 1. The van der Waals surface area contributed by atoms with Crippen LogP contribution in [0.25, 0.3) is 5.69 Å². The number of benzene rings is 1. The van der Waals surface area contributed by atoms with E-state index in [-0.39, 0.29) is 0 Å². The first-order valence-electron chi connectivity index (χ1n) is 5.90. The van der Waals surface area contributed by atoms with Crippen LogP contribution in [-0.4, -0.2) is 33.1 Å². The molecule has 0 N–H and O–H groups in total. The van der Waals surface area contributed by atoms with Gasteiger partial charge in [0.1, 0.15) is 5.75 Å². The van der Waals surface area contributed by atoms with Crippen LogP contribution in [0.15, 0.2) is 29.4 Å². The molecule has 0 aliphatic rings. The monoisotopic (exact) mass is 264 g/mol. The van der Waals surface area contributed by atoms with Crippen LogP contribution in [0.2, 0.25) is 0 Å². The van der Waals surface area contributed by atoms with E-state index >= 15 is 0 Å². The van der Waals surface area contributed by atoms with Crippen molar-refractivity contribution < 1.29 is 4.74 Å². The van der Waals surface area contributed by atoms with E-state index in [0.29, 0.717) is 0 Å². The molecule has 1 heterocycles. The summed E-state index contributed by atoms with van der Waals surface area (Å²) in [5.41, 5.74) is 0.944. The summed E-state index contributed by atoms with van der Waals surface area (Å²) in [7, 11) is 1.65. The molecular weight excluding hydrogens is 248 g/mol. The number of ether oxygens (including phenoxy) is 1. The maximum Gasteiger partial charge on any atom is 0.214 e. The Kier molecular flexibility index (Phi) is 4.58. The van der Waals surface area contributed by atoms with Gasteiger partial charge in [0.25, 0.3) is 0 Å². The lowest BCUT2D eigenvalue weighted by Gasteiger charge is -2.05. The summed E-state index contributed by atoms with van der Waals surface area (Å²) >= 11 is 1.68. The van der Waals surface area contributed by atoms with E-state index in [4.69, 9.17) is 4.74 Å². The molecule has 1 aromatic heterocycles. The fourth-order valence-electron chi connectivity index (χ4n) is 1.46. The predicted molar refractivity (Wildman–Crippen MR) is 71.3 cm³/mol. The van der Waals surface area contributed by atoms with E-state index < -0.39 is 0 Å². The molecule has 0 unspecified atom stereocenters. The lowest BCUT2D eigenvalue weighted by molar-refractivity contribution is 0.414. The van der Waals surface area contributed by atoms with Crippen molar-refractivity contribution in [2.45, 2.75) is 24.9 Å². The highest BCUT2D eigenvalue weighted by Gasteiger charge is 2.08. The Bertz CT molecular complexity index is 483. The third-order valence-corrected chi connectivity index (χ3v) is 3.49. The molecule has 0 bridgehead atoms. The molecule has 0 atom stereocenters. The van der Waals surface area contributed by atoms with Crippen LogP contribution in [0.4, 0.5) is 0 Å². The maximum atomic E-state index is 5.13. The fourth-order valence-corrected chi connectivity index (χ4v) is 2.44. The van der Waals surface area contributed by atoms with Crippen LogP contribution in [0.1, 0.15) is 19.8 Å². The Morgan fingerprint density at radius 1 is 1.28 bits per heavy atom. The molecular formula is C12H16N4OS. The number of aromatic nitrogens is 4. The quantitative estimate of drug-likeness (QED) is 0.593. The number of nitrogens with zero attached hydrogens (tertiary/aromatic N) is 4. The fraction of sp³-hybridized carbons (Fsp3) is 0.417. The highest BCUT2D eigenvalue weighted by molar-refractivity contribution is 7.99. The average molecular weight is 264 g/mol. The number of hydrogen-bond acceptors (Lipinski definition) is 5. The lowest BCUT2D eigenvalue weighted by Crippen LogP contribution is -1.99. The summed E-state index contributed by atoms with van der Waals surface area (Å²) in [5, 5.41) is 12.6. The van der Waals surface area contributed by atoms with Gasteiger partial charge in [-0.2, -0.15) is 4.68 Å². The molecule has 0 spiro atoms. The number of thioether (sulfide) groups is 1. The number of rotatable bonds is 6. The standard InChI is InChI=1S/C12H16N4OS/c1-3-4-9-18-12-13-14-15-16(12)10-5-7-11(17-2)8-6-10/h5-8H,3-4,9H2,1-2H3. The van der Waals surface area contributed by atoms with Gasteiger partial charge in [-0.05, 0) is 41.1 Å². The average Bonchev–Trinajstić information content (AvgIpc) is 2.88. The summed E-state index contributed by atoms with van der Waals surface area (Å²) in [6.45, 7) is 2.17. The van der Waals surface area contributed by atoms with Crippen molar-refractivity contribution in [3.05, 3.63) is 24.3 Å². The first kappa shape index (κ1) is 12.9.